The molecule has 0 aliphatic carbocycles. The van der Waals surface area contributed by atoms with Gasteiger partial charge in [0.25, 0.3) is 11.7 Å². The van der Waals surface area contributed by atoms with Crippen molar-refractivity contribution in [1.82, 2.24) is 10.6 Å². The van der Waals surface area contributed by atoms with Crippen molar-refractivity contribution in [3.8, 4) is 11.5 Å². The van der Waals surface area contributed by atoms with Crippen LogP contribution in [0.2, 0.25) is 0 Å². The van der Waals surface area contributed by atoms with E-state index in [9.17, 15) is 80.8 Å². The first kappa shape index (κ1) is 51.5. The zero-order chi connectivity index (χ0) is 47.5. The van der Waals surface area contributed by atoms with Crippen molar-refractivity contribution in [1.29, 1.82) is 0 Å². The van der Waals surface area contributed by atoms with Gasteiger partial charge in [-0.3, -0.25) is 9.59 Å². The van der Waals surface area contributed by atoms with Crippen molar-refractivity contribution >= 4 is 17.8 Å². The van der Waals surface area contributed by atoms with Gasteiger partial charge in [-0.05, 0) is 32.0 Å². The summed E-state index contributed by atoms with van der Waals surface area (Å²) in [7, 11) is 1.25. The summed E-state index contributed by atoms with van der Waals surface area (Å²) >= 11 is 0. The largest absolute Gasteiger partial charge is 0.504 e. The summed E-state index contributed by atoms with van der Waals surface area (Å²) < 4.78 is 46.3. The first-order valence-electron chi connectivity index (χ1n) is 20.2. The highest BCUT2D eigenvalue weighted by Crippen LogP contribution is 2.39. The number of aliphatic hydroxyl groups excluding tert-OH is 11. The van der Waals surface area contributed by atoms with E-state index >= 15 is 0 Å². The number of nitrogens with one attached hydrogen (secondary N) is 2. The zero-order valence-electron chi connectivity index (χ0n) is 34.9. The molecular formula is C38H58N2O24. The van der Waals surface area contributed by atoms with E-state index in [0.29, 0.717) is 0 Å². The molecule has 4 heterocycles. The molecule has 9 unspecified atom stereocenters. The highest BCUT2D eigenvalue weighted by Gasteiger charge is 2.60. The summed E-state index contributed by atoms with van der Waals surface area (Å²) in [6.45, 7) is 0.810. The van der Waals surface area contributed by atoms with E-state index in [0.717, 1.165) is 6.92 Å². The normalized spacial score (nSPS) is 41.4. The number of hydrogen-bond donors (Lipinski definition) is 15. The second-order valence-electron chi connectivity index (χ2n) is 16.0. The number of aliphatic carboxylic acids is 1. The monoisotopic (exact) mass is 926 g/mol. The van der Waals surface area contributed by atoms with Crippen molar-refractivity contribution in [3.63, 3.8) is 0 Å². The quantitative estimate of drug-likeness (QED) is 0.0732. The Labute approximate surface area is 364 Å². The van der Waals surface area contributed by atoms with Crippen molar-refractivity contribution in [3.05, 3.63) is 23.8 Å². The van der Waals surface area contributed by atoms with Crippen LogP contribution in [0.25, 0.3) is 0 Å². The molecule has 1 aromatic carbocycles. The molecule has 26 heteroatoms. The molecule has 64 heavy (non-hydrogen) atoms. The van der Waals surface area contributed by atoms with Gasteiger partial charge in [0, 0.05) is 18.9 Å². The molecule has 5 rings (SSSR count). The minimum atomic E-state index is -3.13. The Kier molecular flexibility index (Phi) is 17.2. The van der Waals surface area contributed by atoms with Crippen LogP contribution < -0.4 is 15.4 Å². The fourth-order valence-corrected chi connectivity index (χ4v) is 8.06. The highest BCUT2D eigenvalue weighted by molar-refractivity contribution is 5.95. The van der Waals surface area contributed by atoms with E-state index in [1.165, 1.54) is 39.2 Å². The molecule has 0 saturated carbocycles. The molecule has 4 aliphatic heterocycles. The minimum Gasteiger partial charge on any atom is -0.504 e. The van der Waals surface area contributed by atoms with E-state index in [4.69, 9.17) is 37.9 Å². The Morgan fingerprint density at radius 3 is 2.03 bits per heavy atom. The minimum absolute atomic E-state index is 0.0549. The fourth-order valence-electron chi connectivity index (χ4n) is 8.06. The van der Waals surface area contributed by atoms with E-state index in [-0.39, 0.29) is 17.1 Å². The third-order valence-corrected chi connectivity index (χ3v) is 11.6. The summed E-state index contributed by atoms with van der Waals surface area (Å²) in [5.41, 5.74) is -0.0549. The van der Waals surface area contributed by atoms with Gasteiger partial charge in [0.05, 0.1) is 57.3 Å². The average molecular weight is 927 g/mol. The van der Waals surface area contributed by atoms with Gasteiger partial charge in [-0.25, -0.2) is 4.79 Å². The molecule has 15 N–H and O–H groups in total. The molecule has 0 aromatic heterocycles. The second-order valence-corrected chi connectivity index (χ2v) is 16.0. The van der Waals surface area contributed by atoms with Crippen molar-refractivity contribution in [2.24, 2.45) is 0 Å². The molecule has 21 atom stereocenters. The highest BCUT2D eigenvalue weighted by atomic mass is 16.8. The standard InChI is InChI=1S/C38H58N2O24/c1-12-22(40-34(54)15-5-6-16(45)19(7-15)57-4)32(62-35-28(52)27(51)24(48)13(2)59-35)30(21(11-43)58-12)61-36-29(53)33(26(50)20(10-42)60-36)64-38(37(55)56)8-17(46)23(39-14(3)44)31(63-38)25(49)18(47)9-41/h5-7,12-13,17-18,20-33,35-36,41-43,45-53H,8-11H2,1-4H3,(H,39,44)(H,40,54)(H,55,56)/t12-,13?,17?,18+,20?,21?,22?,23+,24+,25+,26-,27?,28-,29?,30+,31?,32+,33?,35-,36-,38-/m0/s1. The second kappa shape index (κ2) is 21.4. The summed E-state index contributed by atoms with van der Waals surface area (Å²) in [6, 6.07) is 0.650. The van der Waals surface area contributed by atoms with E-state index in [1.807, 2.05) is 0 Å². The van der Waals surface area contributed by atoms with Crippen molar-refractivity contribution in [2.45, 2.75) is 155 Å². The molecule has 4 fully saturated rings. The lowest BCUT2D eigenvalue weighted by atomic mass is 9.88. The summed E-state index contributed by atoms with van der Waals surface area (Å²) in [5.74, 6) is -7.12. The molecule has 26 nitrogen and oxygen atoms in total. The Balaban J connectivity index is 1.52. The molecule has 1 aromatic rings. The lowest BCUT2D eigenvalue weighted by Gasteiger charge is -2.51. The van der Waals surface area contributed by atoms with Crippen LogP contribution in [0.5, 0.6) is 11.5 Å². The lowest BCUT2D eigenvalue weighted by Crippen LogP contribution is -2.71. The maximum atomic E-state index is 13.8. The Morgan fingerprint density at radius 2 is 1.44 bits per heavy atom. The number of rotatable bonds is 16. The van der Waals surface area contributed by atoms with Gasteiger partial charge in [-0.1, -0.05) is 0 Å². The van der Waals surface area contributed by atoms with Crippen LogP contribution in [0, 0.1) is 0 Å². The SMILES string of the molecule is COc1cc(C(=O)NC2[C@H](C)OC(CO)[C@@H](O[C@@H]3OC(CO)[C@H](O)C(O[C@]4(C(=O)O)CC(O)[C@@H](NC(C)=O)C([C@H](O)[C@H](O)CO)O4)C3O)[C@@H]2O[C@@H]2OC(C)[C@@H](O)C(O)[C@@H]2O)ccc1O. The first-order chi connectivity index (χ1) is 30.1. The van der Waals surface area contributed by atoms with Crippen molar-refractivity contribution in [2.75, 3.05) is 26.9 Å². The first-order valence-corrected chi connectivity index (χ1v) is 20.2. The summed E-state index contributed by atoms with van der Waals surface area (Å²) in [6.07, 6.45) is -34.1. The molecule has 0 radical (unpaired) electrons. The molecule has 2 amide bonds. The Bertz CT molecular complexity index is 1750. The number of carboxylic acid groups (broad SMARTS) is 1. The molecular weight excluding hydrogens is 868 g/mol. The Hall–Kier alpha value is -3.49. The van der Waals surface area contributed by atoms with Gasteiger partial charge in [0.2, 0.25) is 5.91 Å². The van der Waals surface area contributed by atoms with E-state index < -0.39 is 172 Å². The van der Waals surface area contributed by atoms with Gasteiger partial charge >= 0.3 is 5.97 Å². The molecule has 0 spiro atoms. The number of benzene rings is 1. The van der Waals surface area contributed by atoms with Gasteiger partial charge in [0.1, 0.15) is 79.4 Å². The number of phenolic OH excluding ortho intramolecular Hbond substituents is 1. The van der Waals surface area contributed by atoms with Crippen LogP contribution in [0.1, 0.15) is 37.6 Å². The smallest absolute Gasteiger partial charge is 0.364 e. The molecule has 0 bridgehead atoms. The number of carbonyl (C=O) groups is 3. The predicted molar refractivity (Wildman–Crippen MR) is 205 cm³/mol. The topological polar surface area (TPSA) is 412 Å². The van der Waals surface area contributed by atoms with E-state index in [1.54, 1.807) is 0 Å². The number of methoxy groups -OCH3 is 1. The Morgan fingerprint density at radius 1 is 0.797 bits per heavy atom. The number of phenols is 1. The summed E-state index contributed by atoms with van der Waals surface area (Å²) in [4.78, 5) is 38.8. The van der Waals surface area contributed by atoms with Crippen LogP contribution in [-0.2, 0) is 42.7 Å². The predicted octanol–water partition coefficient (Wildman–Crippen LogP) is -7.15. The third-order valence-electron chi connectivity index (χ3n) is 11.6. The number of aliphatic hydroxyl groups is 11. The fraction of sp³-hybridized carbons (Fsp3) is 0.763. The van der Waals surface area contributed by atoms with Gasteiger partial charge in [-0.15, -0.1) is 0 Å². The van der Waals surface area contributed by atoms with Gasteiger partial charge in [0.15, 0.2) is 24.1 Å². The number of ether oxygens (including phenoxy) is 8. The molecule has 364 valence electrons. The van der Waals surface area contributed by atoms with Crippen LogP contribution >= 0.6 is 0 Å². The van der Waals surface area contributed by atoms with Crippen LogP contribution in [0.3, 0.4) is 0 Å². The third kappa shape index (κ3) is 10.7. The van der Waals surface area contributed by atoms with Gasteiger partial charge < -0.3 is 115 Å². The maximum Gasteiger partial charge on any atom is 0.364 e. The zero-order valence-corrected chi connectivity index (χ0v) is 34.9. The number of hydrogen-bond acceptors (Lipinski definition) is 23. The van der Waals surface area contributed by atoms with Gasteiger partial charge in [-0.2, -0.15) is 0 Å². The molecule has 4 aliphatic rings. The lowest BCUT2D eigenvalue weighted by molar-refractivity contribution is -0.385. The summed E-state index contributed by atoms with van der Waals surface area (Å²) in [5, 5.41) is 143. The number of carbonyl (C=O) groups excluding carboxylic acids is 2. The molecule has 4 saturated heterocycles. The maximum absolute atomic E-state index is 13.8. The number of aromatic hydroxyl groups is 1. The van der Waals surface area contributed by atoms with Crippen LogP contribution in [-0.4, -0.2) is 239 Å². The average Bonchev–Trinajstić information content (AvgIpc) is 3.26. The van der Waals surface area contributed by atoms with E-state index in [2.05, 4.69) is 10.6 Å². The van der Waals surface area contributed by atoms with Crippen molar-refractivity contribution < 1.29 is 119 Å². The van der Waals surface area contributed by atoms with Crippen LogP contribution in [0.4, 0.5) is 0 Å². The van der Waals surface area contributed by atoms with Crippen LogP contribution in [0.15, 0.2) is 18.2 Å². The number of carboxylic acids is 1. The number of amides is 2.